The highest BCUT2D eigenvalue weighted by atomic mass is 16.5. The third-order valence-electron chi connectivity index (χ3n) is 3.48. The van der Waals surface area contributed by atoms with Crippen molar-refractivity contribution in [2.45, 2.75) is 73.1 Å². The fraction of sp³-hybridized carbons (Fsp3) is 0.700. The SMILES string of the molecule is C=C(C(=O)O)C(C)C.C=C(C)C(=O)OCCCCCCCC(C)C. The van der Waals surface area contributed by atoms with Gasteiger partial charge in [-0.2, -0.15) is 0 Å². The molecule has 0 aliphatic carbocycles. The number of hydrogen-bond acceptors (Lipinski definition) is 3. The topological polar surface area (TPSA) is 63.6 Å². The maximum absolute atomic E-state index is 11.0. The van der Waals surface area contributed by atoms with Crippen LogP contribution in [0.2, 0.25) is 0 Å². The fourth-order valence-electron chi connectivity index (χ4n) is 1.72. The summed E-state index contributed by atoms with van der Waals surface area (Å²) in [5.41, 5.74) is 0.752. The van der Waals surface area contributed by atoms with Gasteiger partial charge in [0.25, 0.3) is 0 Å². The van der Waals surface area contributed by atoms with Crippen LogP contribution in [-0.2, 0) is 14.3 Å². The van der Waals surface area contributed by atoms with Crippen LogP contribution >= 0.6 is 0 Å². The molecular weight excluding hydrogens is 304 g/mol. The van der Waals surface area contributed by atoms with Gasteiger partial charge in [-0.15, -0.1) is 0 Å². The van der Waals surface area contributed by atoms with E-state index in [0.717, 1.165) is 18.8 Å². The van der Waals surface area contributed by atoms with Gasteiger partial charge in [-0.3, -0.25) is 0 Å². The summed E-state index contributed by atoms with van der Waals surface area (Å²) in [7, 11) is 0. The molecule has 4 nitrogen and oxygen atoms in total. The summed E-state index contributed by atoms with van der Waals surface area (Å²) < 4.78 is 5.01. The Hall–Kier alpha value is -1.58. The van der Waals surface area contributed by atoms with Gasteiger partial charge in [-0.25, -0.2) is 9.59 Å². The molecule has 0 aromatic rings. The van der Waals surface area contributed by atoms with Crippen molar-refractivity contribution >= 4 is 11.9 Å². The highest BCUT2D eigenvalue weighted by Crippen LogP contribution is 2.10. The third-order valence-corrected chi connectivity index (χ3v) is 3.48. The highest BCUT2D eigenvalue weighted by molar-refractivity contribution is 5.87. The Morgan fingerprint density at radius 2 is 1.46 bits per heavy atom. The van der Waals surface area contributed by atoms with Gasteiger partial charge in [0, 0.05) is 11.1 Å². The van der Waals surface area contributed by atoms with Crippen LogP contribution in [0.1, 0.15) is 73.1 Å². The summed E-state index contributed by atoms with van der Waals surface area (Å²) in [5, 5.41) is 8.25. The van der Waals surface area contributed by atoms with Crippen LogP contribution < -0.4 is 0 Å². The van der Waals surface area contributed by atoms with Crippen LogP contribution in [0.3, 0.4) is 0 Å². The minimum atomic E-state index is -0.903. The number of carbonyl (C=O) groups excluding carboxylic acids is 1. The second-order valence-corrected chi connectivity index (χ2v) is 6.85. The second kappa shape index (κ2) is 15.0. The van der Waals surface area contributed by atoms with Gasteiger partial charge < -0.3 is 9.84 Å². The number of carboxylic acid groups (broad SMARTS) is 1. The molecule has 0 aromatic carbocycles. The number of esters is 1. The summed E-state index contributed by atoms with van der Waals surface area (Å²) >= 11 is 0. The van der Waals surface area contributed by atoms with Gasteiger partial charge in [0.05, 0.1) is 6.61 Å². The first kappa shape index (κ1) is 24.7. The molecule has 0 amide bonds. The zero-order valence-corrected chi connectivity index (χ0v) is 16.2. The van der Waals surface area contributed by atoms with Gasteiger partial charge in [-0.1, -0.05) is 73.0 Å². The molecule has 0 spiro atoms. The maximum atomic E-state index is 11.0. The van der Waals surface area contributed by atoms with Crippen LogP contribution in [0.15, 0.2) is 24.3 Å². The zero-order chi connectivity index (χ0) is 19.1. The Morgan fingerprint density at radius 1 is 0.958 bits per heavy atom. The molecule has 0 aromatic heterocycles. The number of carboxylic acids is 1. The van der Waals surface area contributed by atoms with E-state index in [1.165, 1.54) is 25.7 Å². The monoisotopic (exact) mass is 340 g/mol. The summed E-state index contributed by atoms with van der Waals surface area (Å²) in [4.78, 5) is 21.1. The summed E-state index contributed by atoms with van der Waals surface area (Å²) in [6.45, 7) is 17.2. The Balaban J connectivity index is 0. The Kier molecular flexibility index (Phi) is 15.4. The molecule has 0 atom stereocenters. The molecule has 0 fully saturated rings. The number of aliphatic carboxylic acids is 1. The van der Waals surface area contributed by atoms with E-state index in [-0.39, 0.29) is 17.5 Å². The van der Waals surface area contributed by atoms with Crippen molar-refractivity contribution in [3.05, 3.63) is 24.3 Å². The van der Waals surface area contributed by atoms with Gasteiger partial charge in [0.2, 0.25) is 0 Å². The van der Waals surface area contributed by atoms with E-state index in [1.54, 1.807) is 20.8 Å². The van der Waals surface area contributed by atoms with E-state index in [1.807, 2.05) is 0 Å². The second-order valence-electron chi connectivity index (χ2n) is 6.85. The van der Waals surface area contributed by atoms with Gasteiger partial charge in [-0.05, 0) is 25.2 Å². The average molecular weight is 341 g/mol. The molecule has 1 N–H and O–H groups in total. The molecule has 0 radical (unpaired) electrons. The maximum Gasteiger partial charge on any atom is 0.333 e. The standard InChI is InChI=1S/C14H26O2.C6H10O2/c1-12(2)10-8-6-5-7-9-11-16-14(15)13(3)4;1-4(2)5(3)6(7)8/h12H,3,5-11H2,1-2,4H3;4H,3H2,1-2H3,(H,7,8). The Labute approximate surface area is 148 Å². The molecule has 0 saturated carbocycles. The number of hydrogen-bond donors (Lipinski definition) is 1. The first-order valence-electron chi connectivity index (χ1n) is 8.84. The van der Waals surface area contributed by atoms with Crippen molar-refractivity contribution in [1.29, 1.82) is 0 Å². The van der Waals surface area contributed by atoms with Crippen LogP contribution in [0.4, 0.5) is 0 Å². The molecule has 0 aliphatic heterocycles. The van der Waals surface area contributed by atoms with Crippen LogP contribution in [-0.4, -0.2) is 23.7 Å². The van der Waals surface area contributed by atoms with E-state index in [2.05, 4.69) is 27.0 Å². The number of ether oxygens (including phenoxy) is 1. The van der Waals surface area contributed by atoms with Crippen molar-refractivity contribution in [2.75, 3.05) is 6.61 Å². The van der Waals surface area contributed by atoms with Crippen LogP contribution in [0, 0.1) is 11.8 Å². The van der Waals surface area contributed by atoms with E-state index in [4.69, 9.17) is 9.84 Å². The molecule has 0 bridgehead atoms. The lowest BCUT2D eigenvalue weighted by atomic mass is 10.0. The Morgan fingerprint density at radius 3 is 1.83 bits per heavy atom. The lowest BCUT2D eigenvalue weighted by molar-refractivity contribution is -0.139. The summed E-state index contributed by atoms with van der Waals surface area (Å²) in [6.07, 6.45) is 7.32. The molecule has 140 valence electrons. The minimum Gasteiger partial charge on any atom is -0.478 e. The molecule has 24 heavy (non-hydrogen) atoms. The first-order chi connectivity index (χ1) is 11.1. The zero-order valence-electron chi connectivity index (χ0n) is 16.2. The first-order valence-corrected chi connectivity index (χ1v) is 8.84. The summed E-state index contributed by atoms with van der Waals surface area (Å²) in [5.74, 6) is -0.302. The van der Waals surface area contributed by atoms with Crippen LogP contribution in [0.5, 0.6) is 0 Å². The molecule has 0 saturated heterocycles. The number of carbonyl (C=O) groups is 2. The van der Waals surface area contributed by atoms with Crippen molar-refractivity contribution in [3.8, 4) is 0 Å². The van der Waals surface area contributed by atoms with Crippen molar-refractivity contribution < 1.29 is 19.4 Å². The number of unbranched alkanes of at least 4 members (excludes halogenated alkanes) is 4. The van der Waals surface area contributed by atoms with Crippen molar-refractivity contribution in [2.24, 2.45) is 11.8 Å². The number of rotatable bonds is 11. The third kappa shape index (κ3) is 16.8. The normalized spacial score (nSPS) is 10.1. The molecule has 0 aliphatic rings. The smallest absolute Gasteiger partial charge is 0.333 e. The predicted molar refractivity (Wildman–Crippen MR) is 99.9 cm³/mol. The molecule has 0 rings (SSSR count). The molecular formula is C20H36O4. The minimum absolute atomic E-state index is 0.0486. The average Bonchev–Trinajstić information content (AvgIpc) is 2.48. The Bertz CT molecular complexity index is 394. The highest BCUT2D eigenvalue weighted by Gasteiger charge is 2.06. The van der Waals surface area contributed by atoms with E-state index in [9.17, 15) is 9.59 Å². The molecule has 0 heterocycles. The molecule has 0 unspecified atom stereocenters. The van der Waals surface area contributed by atoms with E-state index >= 15 is 0 Å². The summed E-state index contributed by atoms with van der Waals surface area (Å²) in [6, 6.07) is 0. The lowest BCUT2D eigenvalue weighted by Crippen LogP contribution is -2.05. The quantitative estimate of drug-likeness (QED) is 0.311. The van der Waals surface area contributed by atoms with Gasteiger partial charge in [0.1, 0.15) is 0 Å². The fourth-order valence-corrected chi connectivity index (χ4v) is 1.72. The van der Waals surface area contributed by atoms with Crippen LogP contribution in [0.25, 0.3) is 0 Å². The van der Waals surface area contributed by atoms with E-state index < -0.39 is 5.97 Å². The predicted octanol–water partition coefficient (Wildman–Crippen LogP) is 5.39. The van der Waals surface area contributed by atoms with E-state index in [0.29, 0.717) is 12.2 Å². The molecule has 4 heteroatoms. The largest absolute Gasteiger partial charge is 0.478 e. The van der Waals surface area contributed by atoms with Gasteiger partial charge >= 0.3 is 11.9 Å². The lowest BCUT2D eigenvalue weighted by Gasteiger charge is -2.05. The van der Waals surface area contributed by atoms with Crippen molar-refractivity contribution in [1.82, 2.24) is 0 Å². The van der Waals surface area contributed by atoms with Crippen molar-refractivity contribution in [3.63, 3.8) is 0 Å². The van der Waals surface area contributed by atoms with Gasteiger partial charge in [0.15, 0.2) is 0 Å².